The van der Waals surface area contributed by atoms with Gasteiger partial charge < -0.3 is 4.74 Å². The number of rotatable bonds is 6. The van der Waals surface area contributed by atoms with Crippen molar-refractivity contribution in [3.8, 4) is 0 Å². The van der Waals surface area contributed by atoms with Crippen LogP contribution in [0.1, 0.15) is 27.2 Å². The molecule has 0 spiro atoms. The number of carbonyl (C=O) groups is 1. The highest BCUT2D eigenvalue weighted by Gasteiger charge is 2.25. The first-order valence-corrected chi connectivity index (χ1v) is 11.5. The van der Waals surface area contributed by atoms with Crippen molar-refractivity contribution in [2.75, 3.05) is 6.61 Å². The number of hydrogen-bond acceptors (Lipinski definition) is 4. The van der Waals surface area contributed by atoms with Gasteiger partial charge in [-0.3, -0.25) is 0 Å². The van der Waals surface area contributed by atoms with Crippen molar-refractivity contribution < 1.29 is 17.9 Å². The number of carbonyl (C=O) groups excluding carboxylic acids is 1. The Bertz CT molecular complexity index is 1340. The molecule has 5 nitrogen and oxygen atoms in total. The van der Waals surface area contributed by atoms with E-state index in [1.807, 2.05) is 38.1 Å². The first-order chi connectivity index (χ1) is 14.9. The molecule has 4 rings (SSSR count). The molecule has 0 unspecified atom stereocenters. The van der Waals surface area contributed by atoms with E-state index in [4.69, 9.17) is 4.74 Å². The zero-order valence-corrected chi connectivity index (χ0v) is 18.2. The lowest BCUT2D eigenvalue weighted by molar-refractivity contribution is 0.0508. The average Bonchev–Trinajstić information content (AvgIpc) is 3.07. The molecule has 1 heterocycles. The van der Waals surface area contributed by atoms with Crippen LogP contribution in [0.15, 0.2) is 83.8 Å². The molecule has 0 N–H and O–H groups in total. The Labute approximate surface area is 182 Å². The number of aryl methyl sites for hydroxylation is 2. The number of hydrogen-bond donors (Lipinski definition) is 0. The minimum Gasteiger partial charge on any atom is -0.462 e. The van der Waals surface area contributed by atoms with Crippen molar-refractivity contribution in [1.82, 2.24) is 3.97 Å². The van der Waals surface area contributed by atoms with Crippen LogP contribution in [0.25, 0.3) is 10.9 Å². The third-order valence-electron chi connectivity index (χ3n) is 5.35. The first kappa shape index (κ1) is 20.9. The molecular weight excluding hydrogens is 410 g/mol. The third kappa shape index (κ3) is 3.99. The van der Waals surface area contributed by atoms with Gasteiger partial charge in [0, 0.05) is 17.5 Å². The van der Waals surface area contributed by atoms with Gasteiger partial charge in [0.25, 0.3) is 10.0 Å². The van der Waals surface area contributed by atoms with Crippen LogP contribution in [0.4, 0.5) is 0 Å². The summed E-state index contributed by atoms with van der Waals surface area (Å²) in [5.74, 6) is -0.428. The summed E-state index contributed by atoms with van der Waals surface area (Å²) in [7, 11) is -3.82. The van der Waals surface area contributed by atoms with E-state index in [9.17, 15) is 13.2 Å². The van der Waals surface area contributed by atoms with Crippen molar-refractivity contribution >= 4 is 26.9 Å². The molecule has 31 heavy (non-hydrogen) atoms. The molecule has 0 bridgehead atoms. The van der Waals surface area contributed by atoms with Gasteiger partial charge in [-0.15, -0.1) is 0 Å². The number of ether oxygens (including phenoxy) is 1. The van der Waals surface area contributed by atoms with Crippen LogP contribution in [-0.2, 0) is 21.2 Å². The maximum absolute atomic E-state index is 13.6. The highest BCUT2D eigenvalue weighted by molar-refractivity contribution is 7.90. The predicted molar refractivity (Wildman–Crippen MR) is 121 cm³/mol. The van der Waals surface area contributed by atoms with Gasteiger partial charge in [-0.05, 0) is 49.7 Å². The lowest BCUT2D eigenvalue weighted by Crippen LogP contribution is -2.18. The zero-order chi connectivity index (χ0) is 22.0. The van der Waals surface area contributed by atoms with Gasteiger partial charge in [0.1, 0.15) is 0 Å². The lowest BCUT2D eigenvalue weighted by Gasteiger charge is -2.13. The Balaban J connectivity index is 1.71. The smallest absolute Gasteiger partial charge is 0.338 e. The van der Waals surface area contributed by atoms with Crippen molar-refractivity contribution in [3.05, 3.63) is 101 Å². The lowest BCUT2D eigenvalue weighted by atomic mass is 10.1. The second-order valence-corrected chi connectivity index (χ2v) is 9.21. The Morgan fingerprint density at radius 2 is 1.52 bits per heavy atom. The topological polar surface area (TPSA) is 65.4 Å². The van der Waals surface area contributed by atoms with Crippen LogP contribution in [0.2, 0.25) is 0 Å². The van der Waals surface area contributed by atoms with Gasteiger partial charge in [-0.1, -0.05) is 54.1 Å². The van der Waals surface area contributed by atoms with E-state index in [1.165, 1.54) is 3.97 Å². The quantitative estimate of drug-likeness (QED) is 0.406. The van der Waals surface area contributed by atoms with E-state index >= 15 is 0 Å². The molecule has 0 aliphatic carbocycles. The largest absolute Gasteiger partial charge is 0.462 e. The monoisotopic (exact) mass is 433 g/mol. The summed E-state index contributed by atoms with van der Waals surface area (Å²) in [6.45, 7) is 3.89. The van der Waals surface area contributed by atoms with Crippen LogP contribution in [0, 0.1) is 13.8 Å². The average molecular weight is 434 g/mol. The molecule has 0 aliphatic heterocycles. The molecule has 158 valence electrons. The van der Waals surface area contributed by atoms with E-state index in [2.05, 4.69) is 0 Å². The summed E-state index contributed by atoms with van der Waals surface area (Å²) < 4.78 is 33.9. The molecule has 0 amide bonds. The molecule has 0 radical (unpaired) electrons. The summed E-state index contributed by atoms with van der Waals surface area (Å²) in [6, 6.07) is 23.0. The summed E-state index contributed by atoms with van der Waals surface area (Å²) >= 11 is 0. The molecule has 0 fully saturated rings. The Hall–Kier alpha value is -3.38. The highest BCUT2D eigenvalue weighted by atomic mass is 32.2. The van der Waals surface area contributed by atoms with Crippen LogP contribution in [0.5, 0.6) is 0 Å². The fourth-order valence-electron chi connectivity index (χ4n) is 3.70. The van der Waals surface area contributed by atoms with Crippen molar-refractivity contribution in [1.29, 1.82) is 0 Å². The summed E-state index contributed by atoms with van der Waals surface area (Å²) in [5.41, 5.74) is 3.54. The summed E-state index contributed by atoms with van der Waals surface area (Å²) in [4.78, 5) is 12.5. The van der Waals surface area contributed by atoms with E-state index < -0.39 is 16.0 Å². The van der Waals surface area contributed by atoms with Crippen molar-refractivity contribution in [2.45, 2.75) is 25.2 Å². The van der Waals surface area contributed by atoms with Gasteiger partial charge in [0.15, 0.2) is 0 Å². The summed E-state index contributed by atoms with van der Waals surface area (Å²) in [5, 5.41) is 0.863. The second kappa shape index (κ2) is 8.40. The number of fused-ring (bicyclic) bond motifs is 1. The minimum absolute atomic E-state index is 0.0777. The van der Waals surface area contributed by atoms with Crippen molar-refractivity contribution in [3.63, 3.8) is 0 Å². The van der Waals surface area contributed by atoms with Gasteiger partial charge in [0.05, 0.1) is 22.6 Å². The maximum atomic E-state index is 13.6. The van der Waals surface area contributed by atoms with Gasteiger partial charge in [-0.2, -0.15) is 0 Å². The van der Waals surface area contributed by atoms with Crippen LogP contribution < -0.4 is 0 Å². The number of benzene rings is 3. The van der Waals surface area contributed by atoms with Crippen LogP contribution in [-0.4, -0.2) is 25.0 Å². The number of para-hydroxylation sites is 1. The molecule has 0 aliphatic rings. The fraction of sp³-hybridized carbons (Fsp3) is 0.160. The second-order valence-electron chi connectivity index (χ2n) is 7.42. The van der Waals surface area contributed by atoms with Gasteiger partial charge in [0.2, 0.25) is 0 Å². The van der Waals surface area contributed by atoms with Crippen LogP contribution in [0.3, 0.4) is 0 Å². The van der Waals surface area contributed by atoms with E-state index in [-0.39, 0.29) is 17.9 Å². The molecule has 0 saturated heterocycles. The number of nitrogens with zero attached hydrogens (tertiary/aromatic N) is 1. The molecule has 0 atom stereocenters. The third-order valence-corrected chi connectivity index (χ3v) is 7.11. The Morgan fingerprint density at radius 1 is 0.871 bits per heavy atom. The first-order valence-electron chi connectivity index (χ1n) is 10.0. The Morgan fingerprint density at radius 3 is 2.23 bits per heavy atom. The van der Waals surface area contributed by atoms with E-state index in [0.717, 1.165) is 16.5 Å². The standard InChI is InChI=1S/C25H23NO4S/c1-18-12-14-21(15-13-18)31(28,29)26-23(19(2)22-10-6-7-11-24(22)26)16-17-30-25(27)20-8-4-3-5-9-20/h3-15H,16-17H2,1-2H3. The summed E-state index contributed by atoms with van der Waals surface area (Å²) in [6.07, 6.45) is 0.282. The molecule has 3 aromatic carbocycles. The van der Waals surface area contributed by atoms with E-state index in [1.54, 1.807) is 54.6 Å². The molecule has 4 aromatic rings. The normalized spacial score (nSPS) is 11.5. The van der Waals surface area contributed by atoms with E-state index in [0.29, 0.717) is 16.8 Å². The molecule has 1 aromatic heterocycles. The SMILES string of the molecule is Cc1ccc(S(=O)(=O)n2c(CCOC(=O)c3ccccc3)c(C)c3ccccc32)cc1. The number of esters is 1. The number of aromatic nitrogens is 1. The fourth-order valence-corrected chi connectivity index (χ4v) is 5.33. The van der Waals surface area contributed by atoms with Crippen molar-refractivity contribution in [2.24, 2.45) is 0 Å². The highest BCUT2D eigenvalue weighted by Crippen LogP contribution is 2.30. The zero-order valence-electron chi connectivity index (χ0n) is 17.4. The molecule has 6 heteroatoms. The van der Waals surface area contributed by atoms with Crippen LogP contribution >= 0.6 is 0 Å². The maximum Gasteiger partial charge on any atom is 0.338 e. The Kier molecular flexibility index (Phi) is 5.65. The minimum atomic E-state index is -3.82. The van der Waals surface area contributed by atoms with Gasteiger partial charge >= 0.3 is 5.97 Å². The predicted octanol–water partition coefficient (Wildman–Crippen LogP) is 4.89. The van der Waals surface area contributed by atoms with Gasteiger partial charge in [-0.25, -0.2) is 17.2 Å². The molecule has 0 saturated carbocycles. The molecular formula is C25H23NO4S.